The number of aromatic nitrogens is 1. The maximum Gasteiger partial charge on any atom is 0.431 e. The predicted octanol–water partition coefficient (Wildman–Crippen LogP) is 5.64. The molecule has 1 aromatic heterocycles. The van der Waals surface area contributed by atoms with Crippen LogP contribution in [0.25, 0.3) is 11.1 Å². The average molecular weight is 486 g/mol. The molecule has 172 valence electrons. The first-order valence-electron chi connectivity index (χ1n) is 9.70. The van der Waals surface area contributed by atoms with Crippen molar-refractivity contribution in [3.8, 4) is 11.1 Å². The molecule has 0 saturated carbocycles. The van der Waals surface area contributed by atoms with Gasteiger partial charge in [0.25, 0.3) is 5.91 Å². The number of benzene rings is 2. The van der Waals surface area contributed by atoms with Gasteiger partial charge in [-0.2, -0.15) is 13.2 Å². The topological polar surface area (TPSA) is 51.3 Å². The molecule has 0 radical (unpaired) electrons. The van der Waals surface area contributed by atoms with Gasteiger partial charge in [0.15, 0.2) is 0 Å². The quantitative estimate of drug-likeness (QED) is 0.491. The maximum atomic E-state index is 14.2. The lowest BCUT2D eigenvalue weighted by molar-refractivity contribution is -0.143. The molecule has 3 rings (SSSR count). The number of carbonyl (C=O) groups is 1. The van der Waals surface area contributed by atoms with Gasteiger partial charge in [-0.25, -0.2) is 0 Å². The van der Waals surface area contributed by atoms with E-state index >= 15 is 0 Å². The molecule has 2 aromatic carbocycles. The van der Waals surface area contributed by atoms with E-state index in [1.54, 1.807) is 54.6 Å². The van der Waals surface area contributed by atoms with Gasteiger partial charge in [0, 0.05) is 37.3 Å². The minimum Gasteiger partial charge on any atom is -0.339 e. The largest absolute Gasteiger partial charge is 0.431 e. The van der Waals surface area contributed by atoms with E-state index in [1.807, 2.05) is 0 Å². The molecule has 0 aliphatic carbocycles. The summed E-state index contributed by atoms with van der Waals surface area (Å²) in [6.45, 7) is 1.72. The second-order valence-corrected chi connectivity index (χ2v) is 7.73. The minimum atomic E-state index is -4.65. The molecule has 32 heavy (non-hydrogen) atoms. The summed E-state index contributed by atoms with van der Waals surface area (Å²) in [5, 5.41) is 0.453. The van der Waals surface area contributed by atoms with Crippen molar-refractivity contribution < 1.29 is 18.0 Å². The standard InChI is InChI=1S/C23H23ClF3N3O.ClH/c1-15-19(17-8-10-18(24)11-9-17)20(22(31)29(2)13-12-28)30(21(15)23(25,26)27)14-16-6-4-3-5-7-16;/h3-11H,12-14,28H2,1-2H3;1H. The molecule has 0 unspecified atom stereocenters. The van der Waals surface area contributed by atoms with Crippen molar-refractivity contribution in [3.63, 3.8) is 0 Å². The van der Waals surface area contributed by atoms with Crippen LogP contribution in [0.5, 0.6) is 0 Å². The Labute approximate surface area is 196 Å². The molecule has 2 N–H and O–H groups in total. The van der Waals surface area contributed by atoms with E-state index < -0.39 is 17.8 Å². The first-order chi connectivity index (χ1) is 14.6. The van der Waals surface area contributed by atoms with Gasteiger partial charge in [-0.15, -0.1) is 12.4 Å². The van der Waals surface area contributed by atoms with Crippen molar-refractivity contribution in [2.75, 3.05) is 20.1 Å². The molecule has 0 spiro atoms. The van der Waals surface area contributed by atoms with Crippen LogP contribution in [0.4, 0.5) is 13.2 Å². The molecule has 0 aliphatic rings. The number of nitrogens with zero attached hydrogens (tertiary/aromatic N) is 2. The van der Waals surface area contributed by atoms with Crippen molar-refractivity contribution in [2.45, 2.75) is 19.6 Å². The zero-order chi connectivity index (χ0) is 22.8. The maximum absolute atomic E-state index is 14.2. The van der Waals surface area contributed by atoms with Crippen LogP contribution in [0.2, 0.25) is 5.02 Å². The average Bonchev–Trinajstić information content (AvgIpc) is 3.01. The highest BCUT2D eigenvalue weighted by molar-refractivity contribution is 6.30. The van der Waals surface area contributed by atoms with E-state index in [1.165, 1.54) is 18.9 Å². The number of carbonyl (C=O) groups excluding carboxylic acids is 1. The van der Waals surface area contributed by atoms with Gasteiger partial charge in [0.2, 0.25) is 0 Å². The molecule has 0 aliphatic heterocycles. The molecule has 1 heterocycles. The summed E-state index contributed by atoms with van der Waals surface area (Å²) in [6.07, 6.45) is -4.65. The second kappa shape index (κ2) is 10.4. The van der Waals surface area contributed by atoms with E-state index in [0.29, 0.717) is 16.1 Å². The summed E-state index contributed by atoms with van der Waals surface area (Å²) in [7, 11) is 1.53. The highest BCUT2D eigenvalue weighted by Crippen LogP contribution is 2.41. The molecular weight excluding hydrogens is 462 g/mol. The SMILES string of the molecule is Cc1c(-c2ccc(Cl)cc2)c(C(=O)N(C)CCN)n(Cc2ccccc2)c1C(F)(F)F.Cl. The van der Waals surface area contributed by atoms with E-state index in [9.17, 15) is 18.0 Å². The Kier molecular flexibility index (Phi) is 8.40. The highest BCUT2D eigenvalue weighted by atomic mass is 35.5. The lowest BCUT2D eigenvalue weighted by Gasteiger charge is -2.20. The van der Waals surface area contributed by atoms with Gasteiger partial charge in [-0.05, 0) is 35.7 Å². The second-order valence-electron chi connectivity index (χ2n) is 7.29. The molecule has 0 bridgehead atoms. The van der Waals surface area contributed by atoms with Gasteiger partial charge in [0.1, 0.15) is 11.4 Å². The summed E-state index contributed by atoms with van der Waals surface area (Å²) < 4.78 is 43.7. The van der Waals surface area contributed by atoms with Gasteiger partial charge in [-0.3, -0.25) is 4.79 Å². The van der Waals surface area contributed by atoms with Crippen molar-refractivity contribution in [3.05, 3.63) is 82.1 Å². The Bertz CT molecular complexity index is 1060. The van der Waals surface area contributed by atoms with E-state index in [0.717, 1.165) is 4.57 Å². The molecule has 9 heteroatoms. The van der Waals surface area contributed by atoms with Crippen molar-refractivity contribution >= 4 is 29.9 Å². The van der Waals surface area contributed by atoms with Crippen LogP contribution >= 0.6 is 24.0 Å². The number of hydrogen-bond acceptors (Lipinski definition) is 2. The summed E-state index contributed by atoms with van der Waals surface area (Å²) in [5.74, 6) is -0.523. The molecule has 0 fully saturated rings. The Morgan fingerprint density at radius 3 is 2.22 bits per heavy atom. The minimum absolute atomic E-state index is 0. The molecule has 0 atom stereocenters. The Morgan fingerprint density at radius 1 is 1.09 bits per heavy atom. The van der Waals surface area contributed by atoms with Crippen LogP contribution in [0.15, 0.2) is 54.6 Å². The number of amides is 1. The van der Waals surface area contributed by atoms with Crippen molar-refractivity contribution in [1.29, 1.82) is 0 Å². The first kappa shape index (κ1) is 25.8. The third kappa shape index (κ3) is 5.28. The monoisotopic (exact) mass is 485 g/mol. The van der Waals surface area contributed by atoms with E-state index in [2.05, 4.69) is 0 Å². The normalized spacial score (nSPS) is 11.2. The highest BCUT2D eigenvalue weighted by Gasteiger charge is 2.41. The summed E-state index contributed by atoms with van der Waals surface area (Å²) in [4.78, 5) is 14.7. The first-order valence-corrected chi connectivity index (χ1v) is 10.1. The molecular formula is C23H24Cl2F3N3O. The fourth-order valence-electron chi connectivity index (χ4n) is 3.70. The molecule has 1 amide bonds. The number of hydrogen-bond donors (Lipinski definition) is 1. The Hall–Kier alpha value is -2.48. The number of halogens is 5. The number of rotatable bonds is 6. The van der Waals surface area contributed by atoms with Crippen LogP contribution in [0.3, 0.4) is 0 Å². The fraction of sp³-hybridized carbons (Fsp3) is 0.261. The lowest BCUT2D eigenvalue weighted by Crippen LogP contribution is -2.34. The van der Waals surface area contributed by atoms with Crippen LogP contribution in [0, 0.1) is 6.92 Å². The van der Waals surface area contributed by atoms with Crippen molar-refractivity contribution in [1.82, 2.24) is 9.47 Å². The van der Waals surface area contributed by atoms with Crippen LogP contribution in [0.1, 0.15) is 27.3 Å². The number of nitrogens with two attached hydrogens (primary N) is 1. The van der Waals surface area contributed by atoms with Gasteiger partial charge >= 0.3 is 6.18 Å². The van der Waals surface area contributed by atoms with Gasteiger partial charge in [0.05, 0.1) is 0 Å². The molecule has 3 aromatic rings. The smallest absolute Gasteiger partial charge is 0.339 e. The third-order valence-corrected chi connectivity index (χ3v) is 5.36. The summed E-state index contributed by atoms with van der Waals surface area (Å²) in [6, 6.07) is 15.2. The lowest BCUT2D eigenvalue weighted by atomic mass is 10.00. The number of likely N-dealkylation sites (N-methyl/N-ethyl adjacent to an activating group) is 1. The van der Waals surface area contributed by atoms with Gasteiger partial charge < -0.3 is 15.2 Å². The third-order valence-electron chi connectivity index (χ3n) is 5.11. The fourth-order valence-corrected chi connectivity index (χ4v) is 3.83. The van der Waals surface area contributed by atoms with Crippen LogP contribution in [-0.4, -0.2) is 35.5 Å². The van der Waals surface area contributed by atoms with Crippen LogP contribution in [-0.2, 0) is 12.7 Å². The van der Waals surface area contributed by atoms with Crippen LogP contribution < -0.4 is 5.73 Å². The van der Waals surface area contributed by atoms with E-state index in [-0.39, 0.29) is 48.9 Å². The molecule has 0 saturated heterocycles. The van der Waals surface area contributed by atoms with Gasteiger partial charge in [-0.1, -0.05) is 54.1 Å². The number of alkyl halides is 3. The summed E-state index contributed by atoms with van der Waals surface area (Å²) in [5.41, 5.74) is 6.10. The Balaban J connectivity index is 0.00000363. The van der Waals surface area contributed by atoms with E-state index in [4.69, 9.17) is 17.3 Å². The zero-order valence-electron chi connectivity index (χ0n) is 17.6. The predicted molar refractivity (Wildman–Crippen MR) is 123 cm³/mol. The molecule has 4 nitrogen and oxygen atoms in total. The van der Waals surface area contributed by atoms with Crippen molar-refractivity contribution in [2.24, 2.45) is 5.73 Å². The zero-order valence-corrected chi connectivity index (χ0v) is 19.2. The summed E-state index contributed by atoms with van der Waals surface area (Å²) >= 11 is 5.98. The Morgan fingerprint density at radius 2 is 1.69 bits per heavy atom.